The van der Waals surface area contributed by atoms with E-state index in [0.29, 0.717) is 31.1 Å². The fourth-order valence-corrected chi connectivity index (χ4v) is 2.91. The van der Waals surface area contributed by atoms with Crippen molar-refractivity contribution in [1.29, 1.82) is 0 Å². The van der Waals surface area contributed by atoms with Crippen LogP contribution in [0.2, 0.25) is 0 Å². The summed E-state index contributed by atoms with van der Waals surface area (Å²) in [6, 6.07) is 17.2. The van der Waals surface area contributed by atoms with E-state index in [1.165, 1.54) is 0 Å². The van der Waals surface area contributed by atoms with Crippen molar-refractivity contribution in [3.63, 3.8) is 0 Å². The number of hydrogen-bond acceptors (Lipinski definition) is 3. The van der Waals surface area contributed by atoms with Crippen LogP contribution in [-0.2, 0) is 0 Å². The molecule has 146 valence electrons. The zero-order chi connectivity index (χ0) is 19.6. The van der Waals surface area contributed by atoms with Gasteiger partial charge in [-0.05, 0) is 55.5 Å². The smallest absolute Gasteiger partial charge is 0.251 e. The lowest BCUT2D eigenvalue weighted by molar-refractivity contribution is 0.0945. The summed E-state index contributed by atoms with van der Waals surface area (Å²) in [4.78, 5) is 12.5. The van der Waals surface area contributed by atoms with E-state index in [0.717, 1.165) is 17.7 Å². The summed E-state index contributed by atoms with van der Waals surface area (Å²) in [5.41, 5.74) is 1.72. The molecule has 4 nitrogen and oxygen atoms in total. The van der Waals surface area contributed by atoms with Gasteiger partial charge in [-0.25, -0.2) is 0 Å². The summed E-state index contributed by atoms with van der Waals surface area (Å²) in [5.74, 6) is 1.35. The Labute approximate surface area is 162 Å². The predicted molar refractivity (Wildman–Crippen MR) is 109 cm³/mol. The van der Waals surface area contributed by atoms with Crippen molar-refractivity contribution in [2.75, 3.05) is 13.2 Å². The summed E-state index contributed by atoms with van der Waals surface area (Å²) in [6.07, 6.45) is 1.19. The Hall–Kier alpha value is -2.33. The first-order valence-electron chi connectivity index (χ1n) is 9.69. The molecular formula is C23H31NO3. The molecule has 2 aromatic carbocycles. The van der Waals surface area contributed by atoms with Gasteiger partial charge in [0.1, 0.15) is 5.75 Å². The second-order valence-corrected chi connectivity index (χ2v) is 7.46. The molecule has 0 saturated carbocycles. The van der Waals surface area contributed by atoms with Crippen LogP contribution in [0.4, 0.5) is 0 Å². The lowest BCUT2D eigenvalue weighted by atomic mass is 9.93. The van der Waals surface area contributed by atoms with Crippen LogP contribution in [0, 0.1) is 5.92 Å². The van der Waals surface area contributed by atoms with Gasteiger partial charge >= 0.3 is 0 Å². The maximum atomic E-state index is 12.5. The van der Waals surface area contributed by atoms with Crippen LogP contribution in [0.5, 0.6) is 5.75 Å². The maximum absolute atomic E-state index is 12.5. The molecule has 0 fully saturated rings. The fourth-order valence-electron chi connectivity index (χ4n) is 2.91. The van der Waals surface area contributed by atoms with E-state index >= 15 is 0 Å². The molecule has 0 radical (unpaired) electrons. The average molecular weight is 370 g/mol. The third kappa shape index (κ3) is 7.43. The molecule has 0 bridgehead atoms. The number of benzene rings is 2. The SMILES string of the molecule is CC(C)CCOc1ccc(C(=O)NC[C@@H](C[C@@H](C)O)c2ccccc2)cc1. The molecule has 0 heterocycles. The fraction of sp³-hybridized carbons (Fsp3) is 0.435. The quantitative estimate of drug-likeness (QED) is 0.653. The Balaban J connectivity index is 1.91. The van der Waals surface area contributed by atoms with Gasteiger partial charge < -0.3 is 15.2 Å². The first kappa shape index (κ1) is 21.0. The van der Waals surface area contributed by atoms with Crippen molar-refractivity contribution in [3.05, 3.63) is 65.7 Å². The van der Waals surface area contributed by atoms with Gasteiger partial charge in [0.05, 0.1) is 12.7 Å². The predicted octanol–water partition coefficient (Wildman–Crippen LogP) is 4.40. The number of amides is 1. The molecule has 2 rings (SSSR count). The summed E-state index contributed by atoms with van der Waals surface area (Å²) in [6.45, 7) is 7.27. The summed E-state index contributed by atoms with van der Waals surface area (Å²) in [7, 11) is 0. The largest absolute Gasteiger partial charge is 0.494 e. The minimum atomic E-state index is -0.422. The third-order valence-corrected chi connectivity index (χ3v) is 4.49. The molecule has 0 saturated heterocycles. The number of carbonyl (C=O) groups excluding carboxylic acids is 1. The highest BCUT2D eigenvalue weighted by atomic mass is 16.5. The van der Waals surface area contributed by atoms with E-state index in [4.69, 9.17) is 4.74 Å². The molecule has 1 amide bonds. The standard InChI is InChI=1S/C23H31NO3/c1-17(2)13-14-27-22-11-9-20(10-12-22)23(26)24-16-21(15-18(3)25)19-7-5-4-6-8-19/h4-12,17-18,21,25H,13-16H2,1-3H3,(H,24,26)/t18-,21-/m1/s1. The molecule has 4 heteroatoms. The second kappa shape index (κ2) is 10.7. The minimum absolute atomic E-state index is 0.0776. The number of nitrogens with one attached hydrogen (secondary N) is 1. The lowest BCUT2D eigenvalue weighted by Gasteiger charge is -2.19. The number of aliphatic hydroxyl groups excluding tert-OH is 1. The van der Waals surface area contributed by atoms with Gasteiger partial charge in [0.2, 0.25) is 0 Å². The zero-order valence-corrected chi connectivity index (χ0v) is 16.5. The van der Waals surface area contributed by atoms with Gasteiger partial charge in [-0.2, -0.15) is 0 Å². The molecule has 27 heavy (non-hydrogen) atoms. The van der Waals surface area contributed by atoms with Crippen LogP contribution in [0.3, 0.4) is 0 Å². The molecule has 0 unspecified atom stereocenters. The first-order chi connectivity index (χ1) is 13.0. The van der Waals surface area contributed by atoms with E-state index in [2.05, 4.69) is 19.2 Å². The highest BCUT2D eigenvalue weighted by Crippen LogP contribution is 2.21. The van der Waals surface area contributed by atoms with Crippen LogP contribution >= 0.6 is 0 Å². The minimum Gasteiger partial charge on any atom is -0.494 e. The van der Waals surface area contributed by atoms with Crippen molar-refractivity contribution in [2.45, 2.75) is 45.6 Å². The zero-order valence-electron chi connectivity index (χ0n) is 16.5. The van der Waals surface area contributed by atoms with Crippen molar-refractivity contribution < 1.29 is 14.6 Å². The van der Waals surface area contributed by atoms with E-state index in [1.54, 1.807) is 19.1 Å². The van der Waals surface area contributed by atoms with Gasteiger partial charge in [-0.3, -0.25) is 4.79 Å². The van der Waals surface area contributed by atoms with Crippen molar-refractivity contribution in [2.24, 2.45) is 5.92 Å². The van der Waals surface area contributed by atoms with Gasteiger partial charge in [0, 0.05) is 18.0 Å². The molecule has 2 aromatic rings. The Kier molecular flexibility index (Phi) is 8.34. The van der Waals surface area contributed by atoms with Gasteiger partial charge in [-0.15, -0.1) is 0 Å². The summed E-state index contributed by atoms with van der Waals surface area (Å²) >= 11 is 0. The van der Waals surface area contributed by atoms with Crippen LogP contribution in [0.15, 0.2) is 54.6 Å². The Morgan fingerprint density at radius 1 is 1.04 bits per heavy atom. The average Bonchev–Trinajstić information content (AvgIpc) is 2.65. The molecule has 0 aliphatic heterocycles. The van der Waals surface area contributed by atoms with Crippen molar-refractivity contribution >= 4 is 5.91 Å². The molecule has 0 aromatic heterocycles. The van der Waals surface area contributed by atoms with E-state index in [-0.39, 0.29) is 11.8 Å². The Morgan fingerprint density at radius 3 is 2.30 bits per heavy atom. The molecule has 0 spiro atoms. The van der Waals surface area contributed by atoms with Crippen LogP contribution in [0.1, 0.15) is 55.5 Å². The van der Waals surface area contributed by atoms with Crippen LogP contribution in [-0.4, -0.2) is 30.3 Å². The van der Waals surface area contributed by atoms with Gasteiger partial charge in [0.15, 0.2) is 0 Å². The van der Waals surface area contributed by atoms with E-state index < -0.39 is 6.10 Å². The van der Waals surface area contributed by atoms with Gasteiger partial charge in [0.25, 0.3) is 5.91 Å². The third-order valence-electron chi connectivity index (χ3n) is 4.49. The number of rotatable bonds is 10. The van der Waals surface area contributed by atoms with Crippen molar-refractivity contribution in [3.8, 4) is 5.75 Å². The summed E-state index contributed by atoms with van der Waals surface area (Å²) < 4.78 is 5.69. The van der Waals surface area contributed by atoms with E-state index in [1.807, 2.05) is 42.5 Å². The monoisotopic (exact) mass is 369 g/mol. The second-order valence-electron chi connectivity index (χ2n) is 7.46. The number of carbonyl (C=O) groups is 1. The molecule has 2 N–H and O–H groups in total. The van der Waals surface area contributed by atoms with Gasteiger partial charge in [-0.1, -0.05) is 44.2 Å². The maximum Gasteiger partial charge on any atom is 0.251 e. The highest BCUT2D eigenvalue weighted by Gasteiger charge is 2.16. The number of ether oxygens (including phenoxy) is 1. The van der Waals surface area contributed by atoms with Crippen molar-refractivity contribution in [1.82, 2.24) is 5.32 Å². The normalized spacial score (nSPS) is 13.2. The Morgan fingerprint density at radius 2 is 1.70 bits per heavy atom. The first-order valence-corrected chi connectivity index (χ1v) is 9.69. The topological polar surface area (TPSA) is 58.6 Å². The molecular weight excluding hydrogens is 338 g/mol. The van der Waals surface area contributed by atoms with E-state index in [9.17, 15) is 9.90 Å². The summed E-state index contributed by atoms with van der Waals surface area (Å²) in [5, 5.41) is 12.8. The van der Waals surface area contributed by atoms with Crippen LogP contribution < -0.4 is 10.1 Å². The van der Waals surface area contributed by atoms with Crippen LogP contribution in [0.25, 0.3) is 0 Å². The number of aliphatic hydroxyl groups is 1. The highest BCUT2D eigenvalue weighted by molar-refractivity contribution is 5.94. The Bertz CT molecular complexity index is 681. The lowest BCUT2D eigenvalue weighted by Crippen LogP contribution is -2.29. The molecule has 0 aliphatic carbocycles. The molecule has 0 aliphatic rings. The molecule has 2 atom stereocenters. The number of hydrogen-bond donors (Lipinski definition) is 2.